The minimum atomic E-state index is -0.411. The molecule has 2 rings (SSSR count). The monoisotopic (exact) mass is 393 g/mol. The van der Waals surface area contributed by atoms with Gasteiger partial charge in [0.25, 0.3) is 5.91 Å². The second-order valence-electron chi connectivity index (χ2n) is 5.77. The number of para-hydroxylation sites is 1. The van der Waals surface area contributed by atoms with Gasteiger partial charge >= 0.3 is 0 Å². The van der Waals surface area contributed by atoms with Gasteiger partial charge in [0.15, 0.2) is 0 Å². The zero-order chi connectivity index (χ0) is 18.9. The number of carbonyl (C=O) groups is 2. The first-order valence-electron chi connectivity index (χ1n) is 8.23. The predicted molar refractivity (Wildman–Crippen MR) is 106 cm³/mol. The van der Waals surface area contributed by atoms with E-state index in [-0.39, 0.29) is 23.0 Å². The summed E-state index contributed by atoms with van der Waals surface area (Å²) in [6.07, 6.45) is 0.800. The average Bonchev–Trinajstić information content (AvgIpc) is 2.63. The van der Waals surface area contributed by atoms with Crippen molar-refractivity contribution in [3.63, 3.8) is 0 Å². The average molecular weight is 394 g/mol. The minimum Gasteiger partial charge on any atom is -0.375 e. The number of amides is 2. The normalized spacial score (nSPS) is 10.3. The van der Waals surface area contributed by atoms with Gasteiger partial charge < -0.3 is 15.5 Å². The number of hydrogen-bond acceptors (Lipinski definition) is 3. The molecule has 0 bridgehead atoms. The Kier molecular flexibility index (Phi) is 7.75. The molecule has 0 heterocycles. The molecule has 0 atom stereocenters. The highest BCUT2D eigenvalue weighted by atomic mass is 35.5. The molecule has 0 saturated carbocycles. The molecule has 0 aliphatic carbocycles. The summed E-state index contributed by atoms with van der Waals surface area (Å²) in [4.78, 5) is 26.0. The van der Waals surface area contributed by atoms with Gasteiger partial charge in [-0.25, -0.2) is 0 Å². The van der Waals surface area contributed by atoms with Crippen LogP contribution in [0.2, 0.25) is 10.0 Å². The molecule has 0 aromatic heterocycles. The van der Waals surface area contributed by atoms with E-state index >= 15 is 0 Å². The maximum atomic E-state index is 12.0. The summed E-state index contributed by atoms with van der Waals surface area (Å²) in [6.45, 7) is 1.25. The van der Waals surface area contributed by atoms with Gasteiger partial charge in [0, 0.05) is 30.8 Å². The zero-order valence-corrected chi connectivity index (χ0v) is 16.0. The fraction of sp³-hybridized carbons (Fsp3) is 0.263. The van der Waals surface area contributed by atoms with Gasteiger partial charge in [0.2, 0.25) is 5.91 Å². The summed E-state index contributed by atoms with van der Waals surface area (Å²) in [5.41, 5.74) is 1.42. The van der Waals surface area contributed by atoms with E-state index < -0.39 is 5.91 Å². The first-order valence-corrected chi connectivity index (χ1v) is 8.99. The fourth-order valence-corrected chi connectivity index (χ4v) is 2.84. The molecule has 2 N–H and O–H groups in total. The van der Waals surface area contributed by atoms with Crippen LogP contribution in [-0.2, 0) is 4.79 Å². The molecule has 0 spiro atoms. The number of rotatable bonds is 8. The lowest BCUT2D eigenvalue weighted by atomic mass is 10.2. The molecule has 0 radical (unpaired) electrons. The summed E-state index contributed by atoms with van der Waals surface area (Å²) < 4.78 is 0. The quantitative estimate of drug-likeness (QED) is 0.675. The van der Waals surface area contributed by atoms with Gasteiger partial charge in [-0.2, -0.15) is 0 Å². The lowest BCUT2D eigenvalue weighted by Crippen LogP contribution is -2.38. The fourth-order valence-electron chi connectivity index (χ4n) is 2.35. The van der Waals surface area contributed by atoms with Crippen molar-refractivity contribution in [1.29, 1.82) is 0 Å². The van der Waals surface area contributed by atoms with E-state index in [1.54, 1.807) is 6.07 Å². The molecular formula is C19H21Cl2N3O2. The zero-order valence-electron chi connectivity index (χ0n) is 14.5. The Hall–Kier alpha value is -2.24. The largest absolute Gasteiger partial charge is 0.375 e. The first kappa shape index (κ1) is 20.1. The number of carbonyl (C=O) groups excluding carboxylic acids is 2. The molecule has 0 unspecified atom stereocenters. The van der Waals surface area contributed by atoms with Gasteiger partial charge in [0.1, 0.15) is 0 Å². The molecule has 0 aliphatic rings. The van der Waals surface area contributed by atoms with Gasteiger partial charge in [-0.3, -0.25) is 9.59 Å². The molecule has 5 nitrogen and oxygen atoms in total. The lowest BCUT2D eigenvalue weighted by molar-refractivity contribution is -0.120. The Bertz CT molecular complexity index is 754. The van der Waals surface area contributed by atoms with Crippen LogP contribution >= 0.6 is 23.2 Å². The van der Waals surface area contributed by atoms with Crippen molar-refractivity contribution in [3.05, 3.63) is 64.1 Å². The van der Waals surface area contributed by atoms with E-state index in [1.165, 1.54) is 12.1 Å². The second-order valence-corrected chi connectivity index (χ2v) is 6.61. The summed E-state index contributed by atoms with van der Waals surface area (Å²) >= 11 is 11.8. The van der Waals surface area contributed by atoms with Crippen LogP contribution < -0.4 is 15.5 Å². The summed E-state index contributed by atoms with van der Waals surface area (Å²) in [7, 11) is 2.01. The number of benzene rings is 2. The Morgan fingerprint density at radius 2 is 1.77 bits per heavy atom. The molecule has 0 saturated heterocycles. The molecule has 0 aliphatic heterocycles. The molecule has 0 fully saturated rings. The maximum Gasteiger partial charge on any atom is 0.253 e. The number of nitrogens with zero attached hydrogens (tertiary/aromatic N) is 1. The van der Waals surface area contributed by atoms with Crippen molar-refractivity contribution in [3.8, 4) is 0 Å². The second kappa shape index (κ2) is 10.0. The SMILES string of the molecule is CN(CCCNC(=O)CNC(=O)c1ccc(Cl)cc1Cl)c1ccccc1. The van der Waals surface area contributed by atoms with Crippen molar-refractivity contribution in [1.82, 2.24) is 10.6 Å². The molecule has 2 aromatic rings. The molecule has 138 valence electrons. The van der Waals surface area contributed by atoms with E-state index in [1.807, 2.05) is 37.4 Å². The van der Waals surface area contributed by atoms with Crippen LogP contribution in [0.15, 0.2) is 48.5 Å². The van der Waals surface area contributed by atoms with Gasteiger partial charge in [-0.05, 0) is 36.8 Å². The standard InChI is InChI=1S/C19H21Cl2N3O2/c1-24(15-6-3-2-4-7-15)11-5-10-22-18(25)13-23-19(26)16-9-8-14(20)12-17(16)21/h2-4,6-9,12H,5,10-11,13H2,1H3,(H,22,25)(H,23,26). The molecule has 2 amide bonds. The van der Waals surface area contributed by atoms with Crippen LogP contribution in [0.5, 0.6) is 0 Å². The van der Waals surface area contributed by atoms with E-state index in [9.17, 15) is 9.59 Å². The Morgan fingerprint density at radius 3 is 2.46 bits per heavy atom. The van der Waals surface area contributed by atoms with Crippen LogP contribution in [0.1, 0.15) is 16.8 Å². The van der Waals surface area contributed by atoms with Crippen molar-refractivity contribution >= 4 is 40.7 Å². The van der Waals surface area contributed by atoms with Gasteiger partial charge in [-0.1, -0.05) is 41.4 Å². The predicted octanol–water partition coefficient (Wildman–Crippen LogP) is 3.37. The lowest BCUT2D eigenvalue weighted by Gasteiger charge is -2.19. The third-order valence-electron chi connectivity index (χ3n) is 3.77. The van der Waals surface area contributed by atoms with E-state index in [0.29, 0.717) is 11.6 Å². The topological polar surface area (TPSA) is 61.4 Å². The van der Waals surface area contributed by atoms with Crippen LogP contribution in [0.4, 0.5) is 5.69 Å². The van der Waals surface area contributed by atoms with E-state index in [2.05, 4.69) is 15.5 Å². The number of anilines is 1. The number of hydrogen-bond donors (Lipinski definition) is 2. The highest BCUT2D eigenvalue weighted by Gasteiger charge is 2.11. The summed E-state index contributed by atoms with van der Waals surface area (Å²) in [5.74, 6) is -0.656. The highest BCUT2D eigenvalue weighted by Crippen LogP contribution is 2.20. The Balaban J connectivity index is 1.66. The highest BCUT2D eigenvalue weighted by molar-refractivity contribution is 6.36. The Labute approximate surface area is 163 Å². The first-order chi connectivity index (χ1) is 12.5. The van der Waals surface area contributed by atoms with Crippen LogP contribution in [0, 0.1) is 0 Å². The van der Waals surface area contributed by atoms with Crippen molar-refractivity contribution < 1.29 is 9.59 Å². The number of nitrogens with one attached hydrogen (secondary N) is 2. The smallest absolute Gasteiger partial charge is 0.253 e. The van der Waals surface area contributed by atoms with Gasteiger partial charge in [0.05, 0.1) is 17.1 Å². The van der Waals surface area contributed by atoms with Crippen LogP contribution in [0.25, 0.3) is 0 Å². The van der Waals surface area contributed by atoms with Gasteiger partial charge in [-0.15, -0.1) is 0 Å². The molecule has 2 aromatic carbocycles. The minimum absolute atomic E-state index is 0.105. The van der Waals surface area contributed by atoms with Crippen LogP contribution in [-0.4, -0.2) is 38.5 Å². The van der Waals surface area contributed by atoms with Crippen molar-refractivity contribution in [2.45, 2.75) is 6.42 Å². The van der Waals surface area contributed by atoms with Crippen molar-refractivity contribution in [2.24, 2.45) is 0 Å². The van der Waals surface area contributed by atoms with E-state index in [4.69, 9.17) is 23.2 Å². The maximum absolute atomic E-state index is 12.0. The third kappa shape index (κ3) is 6.24. The molecule has 26 heavy (non-hydrogen) atoms. The Morgan fingerprint density at radius 1 is 1.04 bits per heavy atom. The molecular weight excluding hydrogens is 373 g/mol. The summed E-state index contributed by atoms with van der Waals surface area (Å²) in [6, 6.07) is 14.6. The molecule has 7 heteroatoms. The van der Waals surface area contributed by atoms with E-state index in [0.717, 1.165) is 18.7 Å². The third-order valence-corrected chi connectivity index (χ3v) is 4.32. The van der Waals surface area contributed by atoms with Crippen molar-refractivity contribution in [2.75, 3.05) is 31.6 Å². The summed E-state index contributed by atoms with van der Waals surface area (Å²) in [5, 5.41) is 6.03. The van der Waals surface area contributed by atoms with Crippen LogP contribution in [0.3, 0.4) is 0 Å². The number of halogens is 2.